The van der Waals surface area contributed by atoms with Gasteiger partial charge in [-0.1, -0.05) is 17.4 Å². The number of aromatic hydroxyl groups is 1. The van der Waals surface area contributed by atoms with Crippen molar-refractivity contribution in [2.45, 2.75) is 50.7 Å². The second-order valence-corrected chi connectivity index (χ2v) is 12.0. The van der Waals surface area contributed by atoms with Gasteiger partial charge in [0.25, 0.3) is 5.91 Å². The zero-order valence-electron chi connectivity index (χ0n) is 23.3. The minimum Gasteiger partial charge on any atom is -0.502 e. The van der Waals surface area contributed by atoms with Gasteiger partial charge < -0.3 is 14.9 Å². The minimum absolute atomic E-state index is 0.0604. The summed E-state index contributed by atoms with van der Waals surface area (Å²) in [6.45, 7) is 3.54. The molecule has 1 spiro atoms. The molecular formula is C29H28F2N8O3S. The van der Waals surface area contributed by atoms with Gasteiger partial charge in [-0.15, -0.1) is 10.2 Å². The van der Waals surface area contributed by atoms with Crippen LogP contribution < -0.4 is 15.3 Å². The lowest BCUT2D eigenvalue weighted by atomic mass is 9.91. The molecule has 1 aromatic carbocycles. The maximum Gasteiger partial charge on any atom is 0.278 e. The first kappa shape index (κ1) is 27.4. The predicted octanol–water partition coefficient (Wildman–Crippen LogP) is 3.30. The Labute approximate surface area is 249 Å². The highest BCUT2D eigenvalue weighted by Gasteiger charge is 2.56. The van der Waals surface area contributed by atoms with Gasteiger partial charge >= 0.3 is 0 Å². The van der Waals surface area contributed by atoms with Gasteiger partial charge in [0, 0.05) is 69.6 Å². The largest absolute Gasteiger partial charge is 0.502 e. The second kappa shape index (κ2) is 10.4. The van der Waals surface area contributed by atoms with Crippen molar-refractivity contribution in [3.8, 4) is 16.3 Å². The highest BCUT2D eigenvalue weighted by atomic mass is 32.1. The zero-order chi connectivity index (χ0) is 29.9. The molecule has 0 unspecified atom stereocenters. The van der Waals surface area contributed by atoms with Crippen LogP contribution in [0.5, 0.6) is 5.75 Å². The fraction of sp³-hybridized carbons (Fsp3) is 0.379. The summed E-state index contributed by atoms with van der Waals surface area (Å²) in [6.07, 6.45) is 8.09. The molecule has 222 valence electrons. The van der Waals surface area contributed by atoms with Crippen LogP contribution in [0.25, 0.3) is 10.6 Å². The third-order valence-electron chi connectivity index (χ3n) is 8.44. The lowest BCUT2D eigenvalue weighted by Crippen LogP contribution is -2.73. The molecule has 7 rings (SSSR count). The van der Waals surface area contributed by atoms with Gasteiger partial charge in [-0.25, -0.2) is 18.7 Å². The molecule has 1 N–H and O–H groups in total. The van der Waals surface area contributed by atoms with Crippen LogP contribution in [-0.2, 0) is 6.42 Å². The van der Waals surface area contributed by atoms with Gasteiger partial charge in [0.15, 0.2) is 16.5 Å². The fourth-order valence-corrected chi connectivity index (χ4v) is 7.17. The molecule has 3 aliphatic rings. The fourth-order valence-electron chi connectivity index (χ4n) is 6.30. The smallest absolute Gasteiger partial charge is 0.278 e. The summed E-state index contributed by atoms with van der Waals surface area (Å²) in [4.78, 5) is 40.1. The summed E-state index contributed by atoms with van der Waals surface area (Å²) >= 11 is 1.08. The number of piperidine rings is 1. The number of carbonyl (C=O) groups is 1. The van der Waals surface area contributed by atoms with Gasteiger partial charge in [0.2, 0.25) is 11.4 Å². The van der Waals surface area contributed by atoms with Crippen LogP contribution in [-0.4, -0.2) is 72.1 Å². The number of anilines is 1. The molecule has 11 nitrogen and oxygen atoms in total. The molecular weight excluding hydrogens is 578 g/mol. The molecule has 14 heteroatoms. The van der Waals surface area contributed by atoms with Gasteiger partial charge in [-0.2, -0.15) is 0 Å². The van der Waals surface area contributed by atoms with E-state index in [1.54, 1.807) is 34.2 Å². The van der Waals surface area contributed by atoms with Crippen molar-refractivity contribution >= 4 is 23.2 Å². The zero-order valence-corrected chi connectivity index (χ0v) is 24.1. The average molecular weight is 607 g/mol. The molecule has 5 heterocycles. The van der Waals surface area contributed by atoms with Crippen LogP contribution in [0.1, 0.15) is 53.7 Å². The highest BCUT2D eigenvalue weighted by Crippen LogP contribution is 2.44. The van der Waals surface area contributed by atoms with Crippen molar-refractivity contribution < 1.29 is 18.7 Å². The summed E-state index contributed by atoms with van der Waals surface area (Å²) in [7, 11) is 0. The summed E-state index contributed by atoms with van der Waals surface area (Å²) < 4.78 is 29.3. The predicted molar refractivity (Wildman–Crippen MR) is 155 cm³/mol. The van der Waals surface area contributed by atoms with Crippen molar-refractivity contribution in [1.29, 1.82) is 0 Å². The Morgan fingerprint density at radius 2 is 1.84 bits per heavy atom. The molecule has 1 aliphatic carbocycles. The first-order valence-corrected chi connectivity index (χ1v) is 15.0. The topological polar surface area (TPSA) is 121 Å². The van der Waals surface area contributed by atoms with Crippen LogP contribution >= 0.6 is 11.3 Å². The summed E-state index contributed by atoms with van der Waals surface area (Å²) in [5, 5.41) is 22.3. The van der Waals surface area contributed by atoms with Crippen molar-refractivity contribution in [2.75, 3.05) is 29.5 Å². The number of benzene rings is 1. The number of pyridine rings is 1. The molecule has 1 saturated carbocycles. The van der Waals surface area contributed by atoms with Gasteiger partial charge in [-0.05, 0) is 37.5 Å². The third kappa shape index (κ3) is 4.51. The van der Waals surface area contributed by atoms with E-state index in [2.05, 4.69) is 30.1 Å². The Hall–Kier alpha value is -4.46. The molecule has 0 atom stereocenters. The van der Waals surface area contributed by atoms with E-state index in [0.29, 0.717) is 43.4 Å². The van der Waals surface area contributed by atoms with Crippen LogP contribution in [0.15, 0.2) is 47.7 Å². The van der Waals surface area contributed by atoms with E-state index < -0.39 is 34.4 Å². The van der Waals surface area contributed by atoms with Crippen LogP contribution in [0.2, 0.25) is 0 Å². The number of hydrogen-bond donors (Lipinski definition) is 1. The number of fused-ring (bicyclic) bond motifs is 1. The van der Waals surface area contributed by atoms with Crippen LogP contribution in [0.3, 0.4) is 0 Å². The van der Waals surface area contributed by atoms with E-state index in [0.717, 1.165) is 30.2 Å². The number of hydrogen-bond acceptors (Lipinski definition) is 10. The van der Waals surface area contributed by atoms with E-state index >= 15 is 0 Å². The molecule has 2 aliphatic heterocycles. The first-order chi connectivity index (χ1) is 20.8. The minimum atomic E-state index is -0.728. The summed E-state index contributed by atoms with van der Waals surface area (Å²) in [5.41, 5.74) is -1.14. The maximum atomic E-state index is 14.3. The normalized spacial score (nSPS) is 17.9. The third-order valence-corrected chi connectivity index (χ3v) is 9.39. The number of nitrogens with zero attached hydrogens (tertiary/aromatic N) is 8. The van der Waals surface area contributed by atoms with Gasteiger partial charge in [-0.3, -0.25) is 19.3 Å². The number of amides is 1. The maximum absolute atomic E-state index is 14.3. The highest BCUT2D eigenvalue weighted by molar-refractivity contribution is 7.14. The Balaban J connectivity index is 1.28. The average Bonchev–Trinajstić information content (AvgIpc) is 3.73. The quantitative estimate of drug-likeness (QED) is 0.353. The monoisotopic (exact) mass is 606 g/mol. The summed E-state index contributed by atoms with van der Waals surface area (Å²) in [6, 6.07) is 5.21. The molecule has 0 radical (unpaired) electrons. The molecule has 1 saturated heterocycles. The number of rotatable bonds is 6. The number of halogens is 2. The molecule has 43 heavy (non-hydrogen) atoms. The summed E-state index contributed by atoms with van der Waals surface area (Å²) in [5.74, 6) is -1.79. The molecule has 1 amide bonds. The SMILES string of the molecule is CCN1C(=O)c2c(O)c(=O)c(-c3nnc(Cc4ccc(F)cc4F)s3)cn2N(C2CC2)C12CCN(c1ncccn1)CC2. The van der Waals surface area contributed by atoms with E-state index in [-0.39, 0.29) is 34.3 Å². The standard InChI is InChI=1S/C29H28F2N8O3S/c1-2-37-27(42)23-25(41)24(40)20(26-35-34-22(43-26)14-17-4-5-18(30)15-21(17)31)16-38(23)39(19-6-7-19)29(37)8-12-36(13-9-29)28-32-10-3-11-33-28/h3-5,10-11,15-16,19,41H,2,6-9,12-14H2,1H3. The van der Waals surface area contributed by atoms with E-state index in [9.17, 15) is 23.5 Å². The van der Waals surface area contributed by atoms with E-state index in [1.807, 2.05) is 6.92 Å². The Morgan fingerprint density at radius 1 is 1.09 bits per heavy atom. The Kier molecular flexibility index (Phi) is 6.60. The van der Waals surface area contributed by atoms with Crippen molar-refractivity contribution in [2.24, 2.45) is 0 Å². The Bertz CT molecular complexity index is 1770. The van der Waals surface area contributed by atoms with Crippen molar-refractivity contribution in [3.05, 3.63) is 81.0 Å². The van der Waals surface area contributed by atoms with Crippen LogP contribution in [0, 0.1) is 11.6 Å². The van der Waals surface area contributed by atoms with Gasteiger partial charge in [0.1, 0.15) is 22.3 Å². The first-order valence-electron chi connectivity index (χ1n) is 14.2. The lowest BCUT2D eigenvalue weighted by molar-refractivity contribution is 0.0156. The Morgan fingerprint density at radius 3 is 2.51 bits per heavy atom. The van der Waals surface area contributed by atoms with E-state index in [4.69, 9.17) is 0 Å². The van der Waals surface area contributed by atoms with E-state index in [1.165, 1.54) is 12.1 Å². The van der Waals surface area contributed by atoms with Crippen LogP contribution in [0.4, 0.5) is 14.7 Å². The molecule has 0 bridgehead atoms. The molecule has 3 aromatic heterocycles. The molecule has 2 fully saturated rings. The number of aromatic nitrogens is 5. The molecule has 4 aromatic rings. The van der Waals surface area contributed by atoms with Crippen molar-refractivity contribution in [3.63, 3.8) is 0 Å². The van der Waals surface area contributed by atoms with Gasteiger partial charge in [0.05, 0.1) is 5.56 Å². The number of carbonyl (C=O) groups excluding carboxylic acids is 1. The lowest BCUT2D eigenvalue weighted by Gasteiger charge is -2.58. The second-order valence-electron chi connectivity index (χ2n) is 11.0. The van der Waals surface area contributed by atoms with Crippen molar-refractivity contribution in [1.82, 2.24) is 29.7 Å².